The second-order valence-electron chi connectivity index (χ2n) is 5.62. The quantitative estimate of drug-likeness (QED) is 0.702. The standard InChI is InChI=1S/C20H19NO4/c1-2-18-17(21-20(25-18)15-8-4-3-5-9-15)13-24-16-10-6-7-14(11-16)12-19(22)23/h3-11H,2,12-13H2,1H3,(H,22,23). The summed E-state index contributed by atoms with van der Waals surface area (Å²) in [6, 6.07) is 16.8. The molecule has 1 N–H and O–H groups in total. The van der Waals surface area contributed by atoms with Crippen molar-refractivity contribution in [1.82, 2.24) is 4.98 Å². The number of aromatic nitrogens is 1. The average molecular weight is 337 g/mol. The first-order valence-corrected chi connectivity index (χ1v) is 8.13. The lowest BCUT2D eigenvalue weighted by Crippen LogP contribution is -2.02. The van der Waals surface area contributed by atoms with Crippen LogP contribution < -0.4 is 4.74 Å². The molecule has 0 aliphatic rings. The van der Waals surface area contributed by atoms with Gasteiger partial charge in [0, 0.05) is 12.0 Å². The lowest BCUT2D eigenvalue weighted by atomic mass is 10.1. The molecule has 1 aromatic heterocycles. The number of hydrogen-bond donors (Lipinski definition) is 1. The fourth-order valence-electron chi connectivity index (χ4n) is 2.55. The molecular weight excluding hydrogens is 318 g/mol. The number of carbonyl (C=O) groups is 1. The molecule has 0 saturated heterocycles. The smallest absolute Gasteiger partial charge is 0.307 e. The summed E-state index contributed by atoms with van der Waals surface area (Å²) in [5.74, 6) is 1.12. The van der Waals surface area contributed by atoms with Gasteiger partial charge in [-0.1, -0.05) is 37.3 Å². The van der Waals surface area contributed by atoms with Gasteiger partial charge in [-0.25, -0.2) is 4.98 Å². The minimum atomic E-state index is -0.866. The Balaban J connectivity index is 1.75. The Labute approximate surface area is 145 Å². The summed E-state index contributed by atoms with van der Waals surface area (Å²) in [6.07, 6.45) is 0.692. The van der Waals surface area contributed by atoms with E-state index in [-0.39, 0.29) is 13.0 Å². The summed E-state index contributed by atoms with van der Waals surface area (Å²) >= 11 is 0. The minimum absolute atomic E-state index is 0.0282. The van der Waals surface area contributed by atoms with Crippen LogP contribution in [0.3, 0.4) is 0 Å². The number of rotatable bonds is 7. The Morgan fingerprint density at radius 1 is 1.16 bits per heavy atom. The molecule has 0 radical (unpaired) electrons. The van der Waals surface area contributed by atoms with Gasteiger partial charge < -0.3 is 14.3 Å². The number of carboxylic acids is 1. The molecule has 0 atom stereocenters. The average Bonchev–Trinajstić information content (AvgIpc) is 3.04. The molecule has 3 rings (SSSR count). The zero-order valence-corrected chi connectivity index (χ0v) is 13.9. The topological polar surface area (TPSA) is 72.6 Å². The van der Waals surface area contributed by atoms with Crippen LogP contribution in [-0.2, 0) is 24.2 Å². The van der Waals surface area contributed by atoms with Crippen LogP contribution in [0.1, 0.15) is 23.9 Å². The van der Waals surface area contributed by atoms with E-state index in [0.717, 1.165) is 23.4 Å². The molecule has 25 heavy (non-hydrogen) atoms. The van der Waals surface area contributed by atoms with Crippen LogP contribution in [0.5, 0.6) is 5.75 Å². The maximum Gasteiger partial charge on any atom is 0.307 e. The molecule has 1 heterocycles. The second-order valence-corrected chi connectivity index (χ2v) is 5.62. The summed E-state index contributed by atoms with van der Waals surface area (Å²) in [5, 5.41) is 8.88. The minimum Gasteiger partial charge on any atom is -0.487 e. The number of aryl methyl sites for hydroxylation is 1. The van der Waals surface area contributed by atoms with Crippen LogP contribution in [0, 0.1) is 0 Å². The number of ether oxygens (including phenoxy) is 1. The van der Waals surface area contributed by atoms with Gasteiger partial charge in [-0.3, -0.25) is 4.79 Å². The first-order chi connectivity index (χ1) is 12.2. The van der Waals surface area contributed by atoms with Crippen molar-refractivity contribution in [3.63, 3.8) is 0 Å². The Hall–Kier alpha value is -3.08. The lowest BCUT2D eigenvalue weighted by molar-refractivity contribution is -0.136. The summed E-state index contributed by atoms with van der Waals surface area (Å²) in [6.45, 7) is 2.28. The molecule has 0 saturated carbocycles. The third-order valence-corrected chi connectivity index (χ3v) is 3.75. The third kappa shape index (κ3) is 4.26. The first-order valence-electron chi connectivity index (χ1n) is 8.13. The van der Waals surface area contributed by atoms with Gasteiger partial charge in [0.15, 0.2) is 0 Å². The zero-order chi connectivity index (χ0) is 17.6. The molecule has 5 heteroatoms. The maximum atomic E-state index is 10.8. The molecular formula is C20H19NO4. The van der Waals surface area contributed by atoms with Crippen molar-refractivity contribution < 1.29 is 19.1 Å². The molecule has 0 fully saturated rings. The van der Waals surface area contributed by atoms with E-state index < -0.39 is 5.97 Å². The number of nitrogens with zero attached hydrogens (tertiary/aromatic N) is 1. The Bertz CT molecular complexity index is 855. The molecule has 0 aliphatic carbocycles. The first kappa shape index (κ1) is 16.8. The molecule has 0 unspecified atom stereocenters. The third-order valence-electron chi connectivity index (χ3n) is 3.75. The highest BCUT2D eigenvalue weighted by atomic mass is 16.5. The predicted octanol–water partition coefficient (Wildman–Crippen LogP) is 4.11. The monoisotopic (exact) mass is 337 g/mol. The molecule has 0 bridgehead atoms. The van der Waals surface area contributed by atoms with Gasteiger partial charge in [-0.2, -0.15) is 0 Å². The Morgan fingerprint density at radius 2 is 1.96 bits per heavy atom. The predicted molar refractivity (Wildman–Crippen MR) is 93.4 cm³/mol. The van der Waals surface area contributed by atoms with Gasteiger partial charge in [0.1, 0.15) is 23.8 Å². The number of hydrogen-bond acceptors (Lipinski definition) is 4. The summed E-state index contributed by atoms with van der Waals surface area (Å²) in [4.78, 5) is 15.4. The van der Waals surface area contributed by atoms with Crippen LogP contribution in [-0.4, -0.2) is 16.1 Å². The largest absolute Gasteiger partial charge is 0.487 e. The van der Waals surface area contributed by atoms with Crippen molar-refractivity contribution in [2.45, 2.75) is 26.4 Å². The number of carboxylic acid groups (broad SMARTS) is 1. The van der Waals surface area contributed by atoms with E-state index in [1.807, 2.05) is 37.3 Å². The molecule has 128 valence electrons. The van der Waals surface area contributed by atoms with Crippen molar-refractivity contribution in [3.8, 4) is 17.2 Å². The SMILES string of the molecule is CCc1oc(-c2ccccc2)nc1COc1cccc(CC(=O)O)c1. The van der Waals surface area contributed by atoms with E-state index in [2.05, 4.69) is 4.98 Å². The van der Waals surface area contributed by atoms with Crippen LogP contribution in [0.4, 0.5) is 0 Å². The second kappa shape index (κ2) is 7.66. The maximum absolute atomic E-state index is 10.8. The molecule has 2 aromatic carbocycles. The number of aliphatic carboxylic acids is 1. The summed E-state index contributed by atoms with van der Waals surface area (Å²) in [5.41, 5.74) is 2.38. The molecule has 3 aromatic rings. The van der Waals surface area contributed by atoms with E-state index in [9.17, 15) is 4.79 Å². The highest BCUT2D eigenvalue weighted by Gasteiger charge is 2.14. The van der Waals surface area contributed by atoms with Crippen LogP contribution in [0.15, 0.2) is 59.0 Å². The molecule has 0 spiro atoms. The molecule has 5 nitrogen and oxygen atoms in total. The Morgan fingerprint density at radius 3 is 2.68 bits per heavy atom. The van der Waals surface area contributed by atoms with Crippen molar-refractivity contribution in [1.29, 1.82) is 0 Å². The molecule has 0 aliphatic heterocycles. The van der Waals surface area contributed by atoms with Gasteiger partial charge >= 0.3 is 5.97 Å². The van der Waals surface area contributed by atoms with Crippen molar-refractivity contribution in [2.24, 2.45) is 0 Å². The van der Waals surface area contributed by atoms with Gasteiger partial charge in [0.2, 0.25) is 5.89 Å². The Kier molecular flexibility index (Phi) is 5.14. The number of benzene rings is 2. The summed E-state index contributed by atoms with van der Waals surface area (Å²) in [7, 11) is 0. The van der Waals surface area contributed by atoms with Crippen LogP contribution >= 0.6 is 0 Å². The van der Waals surface area contributed by atoms with Crippen molar-refractivity contribution in [3.05, 3.63) is 71.6 Å². The lowest BCUT2D eigenvalue weighted by Gasteiger charge is -2.06. The van der Waals surface area contributed by atoms with Gasteiger partial charge in [-0.05, 0) is 29.8 Å². The highest BCUT2D eigenvalue weighted by molar-refractivity contribution is 5.70. The molecule has 0 amide bonds. The number of oxazole rings is 1. The fraction of sp³-hybridized carbons (Fsp3) is 0.200. The zero-order valence-electron chi connectivity index (χ0n) is 13.9. The van der Waals surface area contributed by atoms with E-state index in [4.69, 9.17) is 14.3 Å². The van der Waals surface area contributed by atoms with E-state index in [1.54, 1.807) is 24.3 Å². The van der Waals surface area contributed by atoms with Gasteiger partial charge in [-0.15, -0.1) is 0 Å². The van der Waals surface area contributed by atoms with Gasteiger partial charge in [0.05, 0.1) is 6.42 Å². The van der Waals surface area contributed by atoms with E-state index in [0.29, 0.717) is 17.2 Å². The van der Waals surface area contributed by atoms with Crippen LogP contribution in [0.2, 0.25) is 0 Å². The van der Waals surface area contributed by atoms with Crippen molar-refractivity contribution >= 4 is 5.97 Å². The summed E-state index contributed by atoms with van der Waals surface area (Å²) < 4.78 is 11.6. The van der Waals surface area contributed by atoms with Gasteiger partial charge in [0.25, 0.3) is 0 Å². The fourth-order valence-corrected chi connectivity index (χ4v) is 2.55. The van der Waals surface area contributed by atoms with Crippen molar-refractivity contribution in [2.75, 3.05) is 0 Å². The van der Waals surface area contributed by atoms with E-state index >= 15 is 0 Å². The normalized spacial score (nSPS) is 10.6. The van der Waals surface area contributed by atoms with Crippen LogP contribution in [0.25, 0.3) is 11.5 Å². The van der Waals surface area contributed by atoms with E-state index in [1.165, 1.54) is 0 Å². The highest BCUT2D eigenvalue weighted by Crippen LogP contribution is 2.24.